The topological polar surface area (TPSA) is 52.7 Å². The molecular formula is C16H20F3N3O2. The Hall–Kier alpha value is -2.09. The number of alkyl halides is 3. The van der Waals surface area contributed by atoms with Crippen LogP contribution in [0.5, 0.6) is 0 Å². The quantitative estimate of drug-likeness (QED) is 0.904. The monoisotopic (exact) mass is 343 g/mol. The van der Waals surface area contributed by atoms with Crippen molar-refractivity contribution in [2.24, 2.45) is 0 Å². The van der Waals surface area contributed by atoms with Crippen LogP contribution in [-0.4, -0.2) is 60.9 Å². The molecule has 0 bridgehead atoms. The van der Waals surface area contributed by atoms with Gasteiger partial charge in [-0.05, 0) is 25.1 Å². The van der Waals surface area contributed by atoms with Gasteiger partial charge in [0.15, 0.2) is 0 Å². The standard InChI is InChI=1S/C16H20F3N3O2/c1-2-20-14(23)11-21-6-8-22(9-7-21)15(24)12-4-3-5-13(10-12)16(17,18)19/h3-5,10H,2,6-9,11H2,1H3,(H,20,23). The van der Waals surface area contributed by atoms with E-state index in [4.69, 9.17) is 0 Å². The van der Waals surface area contributed by atoms with Crippen LogP contribution in [0.4, 0.5) is 13.2 Å². The van der Waals surface area contributed by atoms with Gasteiger partial charge >= 0.3 is 6.18 Å². The van der Waals surface area contributed by atoms with Gasteiger partial charge in [-0.2, -0.15) is 13.2 Å². The highest BCUT2D eigenvalue weighted by atomic mass is 19.4. The third-order valence-electron chi connectivity index (χ3n) is 3.84. The highest BCUT2D eigenvalue weighted by molar-refractivity contribution is 5.94. The van der Waals surface area contributed by atoms with Gasteiger partial charge in [-0.1, -0.05) is 6.07 Å². The summed E-state index contributed by atoms with van der Waals surface area (Å²) in [5, 5.41) is 2.71. The van der Waals surface area contributed by atoms with Crippen molar-refractivity contribution in [2.75, 3.05) is 39.3 Å². The van der Waals surface area contributed by atoms with E-state index in [1.165, 1.54) is 17.0 Å². The molecule has 132 valence electrons. The SMILES string of the molecule is CCNC(=O)CN1CCN(C(=O)c2cccc(C(F)(F)F)c2)CC1. The molecule has 1 fully saturated rings. The smallest absolute Gasteiger partial charge is 0.355 e. The first-order valence-electron chi connectivity index (χ1n) is 7.77. The number of carbonyl (C=O) groups is 2. The van der Waals surface area contributed by atoms with Crippen molar-refractivity contribution >= 4 is 11.8 Å². The summed E-state index contributed by atoms with van der Waals surface area (Å²) in [6, 6.07) is 4.45. The van der Waals surface area contributed by atoms with Crippen LogP contribution in [-0.2, 0) is 11.0 Å². The molecule has 1 aromatic carbocycles. The number of carbonyl (C=O) groups excluding carboxylic acids is 2. The van der Waals surface area contributed by atoms with Crippen LogP contribution in [0.1, 0.15) is 22.8 Å². The molecule has 1 heterocycles. The van der Waals surface area contributed by atoms with E-state index in [1.807, 2.05) is 11.8 Å². The molecule has 1 aliphatic heterocycles. The molecule has 0 aromatic heterocycles. The minimum Gasteiger partial charge on any atom is -0.355 e. The van der Waals surface area contributed by atoms with Gasteiger partial charge in [-0.25, -0.2) is 0 Å². The van der Waals surface area contributed by atoms with Gasteiger partial charge in [0, 0.05) is 38.3 Å². The molecule has 24 heavy (non-hydrogen) atoms. The third kappa shape index (κ3) is 4.70. The van der Waals surface area contributed by atoms with Crippen molar-refractivity contribution in [1.29, 1.82) is 0 Å². The zero-order valence-corrected chi connectivity index (χ0v) is 13.4. The fraction of sp³-hybridized carbons (Fsp3) is 0.500. The first-order chi connectivity index (χ1) is 11.3. The molecule has 2 amide bonds. The summed E-state index contributed by atoms with van der Waals surface area (Å²) < 4.78 is 38.2. The van der Waals surface area contributed by atoms with Gasteiger partial charge in [0.05, 0.1) is 12.1 Å². The Morgan fingerprint density at radius 1 is 1.17 bits per heavy atom. The number of hydrogen-bond acceptors (Lipinski definition) is 3. The Labute approximate surface area is 138 Å². The summed E-state index contributed by atoms with van der Waals surface area (Å²) in [5.74, 6) is -0.492. The minimum absolute atomic E-state index is 0.0296. The van der Waals surface area contributed by atoms with E-state index in [-0.39, 0.29) is 18.0 Å². The maximum absolute atomic E-state index is 12.7. The summed E-state index contributed by atoms with van der Waals surface area (Å²) in [7, 11) is 0. The molecule has 0 spiro atoms. The van der Waals surface area contributed by atoms with Crippen molar-refractivity contribution < 1.29 is 22.8 Å². The lowest BCUT2D eigenvalue weighted by molar-refractivity contribution is -0.137. The molecule has 0 saturated carbocycles. The van der Waals surface area contributed by atoms with Crippen molar-refractivity contribution in [3.63, 3.8) is 0 Å². The maximum Gasteiger partial charge on any atom is 0.416 e. The lowest BCUT2D eigenvalue weighted by Gasteiger charge is -2.34. The summed E-state index contributed by atoms with van der Waals surface area (Å²) in [6.07, 6.45) is -4.47. The van der Waals surface area contributed by atoms with Gasteiger partial charge in [0.2, 0.25) is 5.91 Å². The molecule has 1 N–H and O–H groups in total. The van der Waals surface area contributed by atoms with E-state index >= 15 is 0 Å². The Morgan fingerprint density at radius 3 is 2.42 bits per heavy atom. The van der Waals surface area contributed by atoms with Gasteiger partial charge in [-0.15, -0.1) is 0 Å². The van der Waals surface area contributed by atoms with Gasteiger partial charge in [-0.3, -0.25) is 14.5 Å². The minimum atomic E-state index is -4.47. The van der Waals surface area contributed by atoms with E-state index < -0.39 is 17.6 Å². The number of hydrogen-bond donors (Lipinski definition) is 1. The maximum atomic E-state index is 12.7. The molecule has 1 aromatic rings. The number of nitrogens with zero attached hydrogens (tertiary/aromatic N) is 2. The van der Waals surface area contributed by atoms with Crippen LogP contribution in [0, 0.1) is 0 Å². The third-order valence-corrected chi connectivity index (χ3v) is 3.84. The van der Waals surface area contributed by atoms with Crippen molar-refractivity contribution in [3.8, 4) is 0 Å². The highest BCUT2D eigenvalue weighted by Gasteiger charge is 2.31. The molecular weight excluding hydrogens is 323 g/mol. The van der Waals surface area contributed by atoms with Crippen LogP contribution >= 0.6 is 0 Å². The normalized spacial score (nSPS) is 16.1. The molecule has 0 unspecified atom stereocenters. The van der Waals surface area contributed by atoms with Crippen LogP contribution in [0.2, 0.25) is 0 Å². The van der Waals surface area contributed by atoms with Crippen LogP contribution in [0.15, 0.2) is 24.3 Å². The van der Waals surface area contributed by atoms with Crippen LogP contribution in [0.25, 0.3) is 0 Å². The van der Waals surface area contributed by atoms with E-state index in [2.05, 4.69) is 5.32 Å². The number of likely N-dealkylation sites (N-methyl/N-ethyl adjacent to an activating group) is 1. The Bertz CT molecular complexity index is 596. The largest absolute Gasteiger partial charge is 0.416 e. The number of amides is 2. The van der Waals surface area contributed by atoms with Gasteiger partial charge in [0.1, 0.15) is 0 Å². The average Bonchev–Trinajstić information content (AvgIpc) is 2.54. The first kappa shape index (κ1) is 18.3. The molecule has 8 heteroatoms. The fourth-order valence-electron chi connectivity index (χ4n) is 2.58. The number of rotatable bonds is 4. The van der Waals surface area contributed by atoms with Crippen molar-refractivity contribution in [3.05, 3.63) is 35.4 Å². The highest BCUT2D eigenvalue weighted by Crippen LogP contribution is 2.29. The van der Waals surface area contributed by atoms with E-state index in [0.29, 0.717) is 32.7 Å². The number of piperazine rings is 1. The number of nitrogens with one attached hydrogen (secondary N) is 1. The Balaban J connectivity index is 1.95. The molecule has 1 aliphatic rings. The molecule has 0 atom stereocenters. The predicted molar refractivity (Wildman–Crippen MR) is 82.5 cm³/mol. The van der Waals surface area contributed by atoms with E-state index in [0.717, 1.165) is 12.1 Å². The lowest BCUT2D eigenvalue weighted by atomic mass is 10.1. The van der Waals surface area contributed by atoms with Crippen LogP contribution in [0.3, 0.4) is 0 Å². The van der Waals surface area contributed by atoms with E-state index in [1.54, 1.807) is 0 Å². The zero-order chi connectivity index (χ0) is 17.7. The first-order valence-corrected chi connectivity index (χ1v) is 7.77. The van der Waals surface area contributed by atoms with Gasteiger partial charge in [0.25, 0.3) is 5.91 Å². The number of halogens is 3. The molecule has 1 saturated heterocycles. The van der Waals surface area contributed by atoms with Crippen molar-refractivity contribution in [2.45, 2.75) is 13.1 Å². The second-order valence-corrected chi connectivity index (χ2v) is 5.60. The summed E-state index contributed by atoms with van der Waals surface area (Å²) >= 11 is 0. The molecule has 5 nitrogen and oxygen atoms in total. The second kappa shape index (κ2) is 7.65. The van der Waals surface area contributed by atoms with E-state index in [9.17, 15) is 22.8 Å². The molecule has 2 rings (SSSR count). The number of benzene rings is 1. The lowest BCUT2D eigenvalue weighted by Crippen LogP contribution is -2.51. The molecule has 0 radical (unpaired) electrons. The average molecular weight is 343 g/mol. The Morgan fingerprint density at radius 2 is 1.83 bits per heavy atom. The summed E-state index contributed by atoms with van der Waals surface area (Å²) in [5.41, 5.74) is -0.801. The predicted octanol–water partition coefficient (Wildman–Crippen LogP) is 1.60. The van der Waals surface area contributed by atoms with Crippen molar-refractivity contribution in [1.82, 2.24) is 15.1 Å². The Kier molecular flexibility index (Phi) is 5.82. The van der Waals surface area contributed by atoms with Gasteiger partial charge < -0.3 is 10.2 Å². The summed E-state index contributed by atoms with van der Waals surface area (Å²) in [6.45, 7) is 4.46. The zero-order valence-electron chi connectivity index (χ0n) is 13.4. The fourth-order valence-corrected chi connectivity index (χ4v) is 2.58. The van der Waals surface area contributed by atoms with Crippen LogP contribution < -0.4 is 5.32 Å². The second-order valence-electron chi connectivity index (χ2n) is 5.60. The summed E-state index contributed by atoms with van der Waals surface area (Å²) in [4.78, 5) is 27.3. The molecule has 0 aliphatic carbocycles.